The van der Waals surface area contributed by atoms with Gasteiger partial charge in [0, 0.05) is 47.2 Å². The molecule has 0 aliphatic carbocycles. The monoisotopic (exact) mass is 540 g/mol. The predicted molar refractivity (Wildman–Crippen MR) is 153 cm³/mol. The lowest BCUT2D eigenvalue weighted by Crippen LogP contribution is -2.25. The van der Waals surface area contributed by atoms with Crippen LogP contribution in [0, 0.1) is 11.3 Å². The third kappa shape index (κ3) is 5.70. The van der Waals surface area contributed by atoms with Crippen LogP contribution >= 0.6 is 11.3 Å². The molecule has 0 radical (unpaired) electrons. The van der Waals surface area contributed by atoms with Crippen molar-refractivity contribution < 1.29 is 14.3 Å². The molecule has 1 amide bonds. The maximum absolute atomic E-state index is 13.3. The number of amides is 1. The number of thiazole rings is 1. The number of ether oxygens (including phenoxy) is 2. The number of hydrogen-bond acceptors (Lipinski definition) is 8. The van der Waals surface area contributed by atoms with Crippen molar-refractivity contribution in [1.29, 1.82) is 5.26 Å². The number of carbonyl (C=O) groups excluding carboxylic acids is 1. The van der Waals surface area contributed by atoms with Gasteiger partial charge in [0.2, 0.25) is 5.88 Å². The molecule has 0 spiro atoms. The molecule has 5 aromatic rings. The fourth-order valence-corrected chi connectivity index (χ4v) is 4.93. The van der Waals surface area contributed by atoms with E-state index in [-0.39, 0.29) is 0 Å². The third-order valence-corrected chi connectivity index (χ3v) is 7.12. The zero-order valence-corrected chi connectivity index (χ0v) is 22.6. The molecule has 198 valence electrons. The minimum absolute atomic E-state index is 0.327. The number of nitrogens with one attached hydrogen (secondary N) is 1. The van der Waals surface area contributed by atoms with Crippen molar-refractivity contribution in [3.63, 3.8) is 0 Å². The molecule has 0 atom stereocenters. The molecule has 5 rings (SSSR count). The standard InChI is InChI=1S/C29H28N6O3S/c1-3-34(4-2)13-7-14-37-26-18-23-22(16-21(26)19-30)25(10-11-31-23)38-27-17-20-8-5-6-9-24(20)35(27)29(36)33-28-32-12-15-39-28/h5-6,8-12,15-18H,3-4,7,13-14H2,1-2H3,(H,32,33,36). The van der Waals surface area contributed by atoms with Crippen LogP contribution in [-0.2, 0) is 0 Å². The number of hydrogen-bond donors (Lipinski definition) is 1. The molecule has 1 N–H and O–H groups in total. The molecule has 0 aliphatic heterocycles. The Morgan fingerprint density at radius 1 is 1.10 bits per heavy atom. The van der Waals surface area contributed by atoms with E-state index < -0.39 is 6.03 Å². The van der Waals surface area contributed by atoms with E-state index in [4.69, 9.17) is 9.47 Å². The summed E-state index contributed by atoms with van der Waals surface area (Å²) < 4.78 is 13.8. The Kier molecular flexibility index (Phi) is 8.01. The summed E-state index contributed by atoms with van der Waals surface area (Å²) >= 11 is 1.33. The Bertz CT molecular complexity index is 1640. The van der Waals surface area contributed by atoms with Gasteiger partial charge in [0.1, 0.15) is 17.6 Å². The van der Waals surface area contributed by atoms with Gasteiger partial charge in [-0.15, -0.1) is 11.3 Å². The van der Waals surface area contributed by atoms with Crippen LogP contribution in [0.4, 0.5) is 9.93 Å². The Labute approximate surface area is 230 Å². The number of pyridine rings is 1. The maximum Gasteiger partial charge on any atom is 0.335 e. The van der Waals surface area contributed by atoms with Gasteiger partial charge in [0.15, 0.2) is 5.13 Å². The van der Waals surface area contributed by atoms with Crippen molar-refractivity contribution in [3.8, 4) is 23.4 Å². The maximum atomic E-state index is 13.3. The average Bonchev–Trinajstić information content (AvgIpc) is 3.60. The lowest BCUT2D eigenvalue weighted by Gasteiger charge is -2.18. The van der Waals surface area contributed by atoms with Gasteiger partial charge in [-0.25, -0.2) is 14.3 Å². The van der Waals surface area contributed by atoms with E-state index in [1.54, 1.807) is 36.0 Å². The molecule has 3 heterocycles. The molecule has 3 aromatic heterocycles. The molecule has 10 heteroatoms. The Balaban J connectivity index is 1.45. The van der Waals surface area contributed by atoms with Crippen molar-refractivity contribution in [2.24, 2.45) is 0 Å². The highest BCUT2D eigenvalue weighted by atomic mass is 32.1. The number of benzene rings is 2. The highest BCUT2D eigenvalue weighted by molar-refractivity contribution is 7.13. The van der Waals surface area contributed by atoms with Crippen molar-refractivity contribution in [1.82, 2.24) is 19.4 Å². The highest BCUT2D eigenvalue weighted by Gasteiger charge is 2.19. The van der Waals surface area contributed by atoms with E-state index in [2.05, 4.69) is 40.1 Å². The molecule has 39 heavy (non-hydrogen) atoms. The second-order valence-electron chi connectivity index (χ2n) is 8.76. The van der Waals surface area contributed by atoms with Crippen LogP contribution in [0.1, 0.15) is 25.8 Å². The summed E-state index contributed by atoms with van der Waals surface area (Å²) in [5, 5.41) is 16.4. The number of anilines is 1. The van der Waals surface area contributed by atoms with Gasteiger partial charge in [0.05, 0.1) is 23.2 Å². The summed E-state index contributed by atoms with van der Waals surface area (Å²) in [6, 6.07) is 16.4. The number of nitrogens with zero attached hydrogens (tertiary/aromatic N) is 5. The molecule has 0 saturated carbocycles. The average molecular weight is 541 g/mol. The van der Waals surface area contributed by atoms with Gasteiger partial charge in [0.25, 0.3) is 0 Å². The number of aromatic nitrogens is 3. The van der Waals surface area contributed by atoms with Gasteiger partial charge < -0.3 is 14.4 Å². The minimum atomic E-state index is -0.391. The largest absolute Gasteiger partial charge is 0.492 e. The quantitative estimate of drug-likeness (QED) is 0.202. The SMILES string of the molecule is CCN(CC)CCCOc1cc2nccc(Oc3cc4ccccc4n3C(=O)Nc3nccs3)c2cc1C#N. The second-order valence-corrected chi connectivity index (χ2v) is 9.66. The highest BCUT2D eigenvalue weighted by Crippen LogP contribution is 2.35. The van der Waals surface area contributed by atoms with Crippen LogP contribution in [0.15, 0.2) is 66.3 Å². The topological polar surface area (TPSA) is 105 Å². The summed E-state index contributed by atoms with van der Waals surface area (Å²) in [6.45, 7) is 7.70. The fourth-order valence-electron chi connectivity index (χ4n) is 4.41. The van der Waals surface area contributed by atoms with Crippen LogP contribution in [-0.4, -0.2) is 51.7 Å². The van der Waals surface area contributed by atoms with Crippen LogP contribution < -0.4 is 14.8 Å². The van der Waals surface area contributed by atoms with Gasteiger partial charge in [-0.2, -0.15) is 5.26 Å². The molecule has 0 aliphatic rings. The zero-order valence-electron chi connectivity index (χ0n) is 21.8. The summed E-state index contributed by atoms with van der Waals surface area (Å²) in [7, 11) is 0. The fraction of sp³-hybridized carbons (Fsp3) is 0.241. The van der Waals surface area contributed by atoms with Crippen LogP contribution in [0.3, 0.4) is 0 Å². The van der Waals surface area contributed by atoms with Crippen molar-refractivity contribution >= 4 is 44.3 Å². The number of nitriles is 1. The third-order valence-electron chi connectivity index (χ3n) is 6.43. The molecule has 0 unspecified atom stereocenters. The van der Waals surface area contributed by atoms with Crippen LogP contribution in [0.25, 0.3) is 21.8 Å². The van der Waals surface area contributed by atoms with E-state index in [1.807, 2.05) is 30.3 Å². The lowest BCUT2D eigenvalue weighted by molar-refractivity contribution is 0.249. The first-order chi connectivity index (χ1) is 19.1. The van der Waals surface area contributed by atoms with Crippen LogP contribution in [0.2, 0.25) is 0 Å². The predicted octanol–water partition coefficient (Wildman–Crippen LogP) is 6.50. The van der Waals surface area contributed by atoms with Crippen molar-refractivity contribution in [3.05, 3.63) is 71.9 Å². The first-order valence-electron chi connectivity index (χ1n) is 12.8. The lowest BCUT2D eigenvalue weighted by atomic mass is 10.1. The van der Waals surface area contributed by atoms with E-state index >= 15 is 0 Å². The molecular formula is C29H28N6O3S. The number of para-hydroxylation sites is 1. The normalized spacial score (nSPS) is 11.1. The smallest absolute Gasteiger partial charge is 0.335 e. The van der Waals surface area contributed by atoms with Gasteiger partial charge in [-0.3, -0.25) is 10.3 Å². The number of fused-ring (bicyclic) bond motifs is 2. The molecular weight excluding hydrogens is 512 g/mol. The summed E-state index contributed by atoms with van der Waals surface area (Å²) in [5.41, 5.74) is 1.71. The molecule has 0 saturated heterocycles. The molecule has 0 fully saturated rings. The molecule has 0 bridgehead atoms. The van der Waals surface area contributed by atoms with E-state index in [0.717, 1.165) is 31.4 Å². The first-order valence-corrected chi connectivity index (χ1v) is 13.7. The Morgan fingerprint density at radius 2 is 1.95 bits per heavy atom. The van der Waals surface area contributed by atoms with Gasteiger partial charge >= 0.3 is 6.03 Å². The summed E-state index contributed by atoms with van der Waals surface area (Å²) in [4.78, 5) is 24.2. The number of carbonyl (C=O) groups is 1. The van der Waals surface area contributed by atoms with Crippen molar-refractivity contribution in [2.45, 2.75) is 20.3 Å². The Hall–Kier alpha value is -4.46. The van der Waals surface area contributed by atoms with E-state index in [1.165, 1.54) is 15.9 Å². The second kappa shape index (κ2) is 11.9. The van der Waals surface area contributed by atoms with E-state index in [0.29, 0.717) is 51.1 Å². The van der Waals surface area contributed by atoms with Gasteiger partial charge in [-0.1, -0.05) is 32.0 Å². The number of rotatable bonds is 10. The molecule has 2 aromatic carbocycles. The Morgan fingerprint density at radius 3 is 2.72 bits per heavy atom. The van der Waals surface area contributed by atoms with E-state index in [9.17, 15) is 10.1 Å². The molecule has 9 nitrogen and oxygen atoms in total. The first kappa shape index (κ1) is 26.2. The summed E-state index contributed by atoms with van der Waals surface area (Å²) in [5.74, 6) is 1.29. The minimum Gasteiger partial charge on any atom is -0.492 e. The van der Waals surface area contributed by atoms with Gasteiger partial charge in [-0.05, 0) is 37.7 Å². The summed E-state index contributed by atoms with van der Waals surface area (Å²) in [6.07, 6.45) is 4.12. The zero-order chi connectivity index (χ0) is 27.2. The van der Waals surface area contributed by atoms with Crippen LogP contribution in [0.5, 0.6) is 17.4 Å². The van der Waals surface area contributed by atoms with Crippen molar-refractivity contribution in [2.75, 3.05) is 31.6 Å².